The summed E-state index contributed by atoms with van der Waals surface area (Å²) in [6.45, 7) is 2.95. The number of nitrogens with two attached hydrogens (primary N) is 1. The van der Waals surface area contributed by atoms with Crippen molar-refractivity contribution >= 4 is 17.3 Å². The van der Waals surface area contributed by atoms with Crippen molar-refractivity contribution < 1.29 is 4.79 Å². The first-order chi connectivity index (χ1) is 8.65. The summed E-state index contributed by atoms with van der Waals surface area (Å²) < 4.78 is 0. The maximum atomic E-state index is 11.7. The summed E-state index contributed by atoms with van der Waals surface area (Å²) in [5, 5.41) is 6.28. The van der Waals surface area contributed by atoms with Gasteiger partial charge in [0.25, 0.3) is 0 Å². The molecule has 1 aromatic carbocycles. The molecule has 18 heavy (non-hydrogen) atoms. The van der Waals surface area contributed by atoms with Crippen LogP contribution in [-0.4, -0.2) is 18.5 Å². The van der Waals surface area contributed by atoms with Crippen LogP contribution in [0.4, 0.5) is 11.4 Å². The Bertz CT molecular complexity index is 429. The Morgan fingerprint density at radius 1 is 1.56 bits per heavy atom. The number of benzene rings is 1. The van der Waals surface area contributed by atoms with Crippen molar-refractivity contribution in [1.29, 1.82) is 0 Å². The number of anilines is 2. The molecule has 1 aromatic rings. The standard InChI is InChI=1S/C14H21N3O/c1-10(15)4-7-14(18)17-12-5-6-13-11(9-12)3-2-8-16-13/h5-6,9-10,16H,2-4,7-8,15H2,1H3,(H,17,18). The Hall–Kier alpha value is -1.55. The van der Waals surface area contributed by atoms with E-state index in [-0.39, 0.29) is 11.9 Å². The molecule has 1 aliphatic heterocycles. The third-order valence-corrected chi connectivity index (χ3v) is 3.15. The second-order valence-electron chi connectivity index (χ2n) is 4.97. The lowest BCUT2D eigenvalue weighted by atomic mass is 10.0. The minimum absolute atomic E-state index is 0.0380. The van der Waals surface area contributed by atoms with Gasteiger partial charge in [-0.25, -0.2) is 0 Å². The van der Waals surface area contributed by atoms with Crippen molar-refractivity contribution in [2.24, 2.45) is 5.73 Å². The van der Waals surface area contributed by atoms with E-state index < -0.39 is 0 Å². The Morgan fingerprint density at radius 3 is 3.17 bits per heavy atom. The molecule has 1 atom stereocenters. The normalized spacial score (nSPS) is 15.4. The lowest BCUT2D eigenvalue weighted by Gasteiger charge is -2.18. The molecule has 0 spiro atoms. The molecule has 0 aromatic heterocycles. The molecule has 1 heterocycles. The van der Waals surface area contributed by atoms with Gasteiger partial charge in [-0.05, 0) is 49.9 Å². The van der Waals surface area contributed by atoms with Gasteiger partial charge in [0.2, 0.25) is 5.91 Å². The van der Waals surface area contributed by atoms with Gasteiger partial charge >= 0.3 is 0 Å². The van der Waals surface area contributed by atoms with Crippen LogP contribution in [0.1, 0.15) is 31.7 Å². The largest absolute Gasteiger partial charge is 0.385 e. The molecule has 0 bridgehead atoms. The highest BCUT2D eigenvalue weighted by Gasteiger charge is 2.10. The van der Waals surface area contributed by atoms with Crippen molar-refractivity contribution in [3.8, 4) is 0 Å². The van der Waals surface area contributed by atoms with Crippen LogP contribution in [0.15, 0.2) is 18.2 Å². The summed E-state index contributed by atoms with van der Waals surface area (Å²) in [5.41, 5.74) is 8.99. The van der Waals surface area contributed by atoms with E-state index in [0.29, 0.717) is 6.42 Å². The second-order valence-corrected chi connectivity index (χ2v) is 4.97. The molecule has 4 nitrogen and oxygen atoms in total. The summed E-state index contributed by atoms with van der Waals surface area (Å²) in [6.07, 6.45) is 3.42. The number of rotatable bonds is 4. The van der Waals surface area contributed by atoms with Gasteiger partial charge in [0.1, 0.15) is 0 Å². The fourth-order valence-corrected chi connectivity index (χ4v) is 2.13. The van der Waals surface area contributed by atoms with E-state index in [1.165, 1.54) is 11.3 Å². The molecule has 4 heteroatoms. The molecule has 2 rings (SSSR count). The van der Waals surface area contributed by atoms with E-state index in [4.69, 9.17) is 5.73 Å². The van der Waals surface area contributed by atoms with E-state index in [2.05, 4.69) is 16.7 Å². The zero-order chi connectivity index (χ0) is 13.0. The summed E-state index contributed by atoms with van der Waals surface area (Å²) in [6, 6.07) is 6.12. The van der Waals surface area contributed by atoms with Gasteiger partial charge in [-0.3, -0.25) is 4.79 Å². The molecule has 4 N–H and O–H groups in total. The summed E-state index contributed by atoms with van der Waals surface area (Å²) in [4.78, 5) is 11.7. The molecule has 1 amide bonds. The number of hydrogen-bond donors (Lipinski definition) is 3. The van der Waals surface area contributed by atoms with Gasteiger partial charge in [0, 0.05) is 30.4 Å². The van der Waals surface area contributed by atoms with Gasteiger partial charge in [-0.2, -0.15) is 0 Å². The first kappa shape index (κ1) is 12.9. The third-order valence-electron chi connectivity index (χ3n) is 3.15. The van der Waals surface area contributed by atoms with Crippen LogP contribution in [0, 0.1) is 0 Å². The van der Waals surface area contributed by atoms with Gasteiger partial charge in [-0.1, -0.05) is 0 Å². The Morgan fingerprint density at radius 2 is 2.39 bits per heavy atom. The zero-order valence-electron chi connectivity index (χ0n) is 10.8. The van der Waals surface area contributed by atoms with Crippen molar-refractivity contribution in [2.75, 3.05) is 17.2 Å². The topological polar surface area (TPSA) is 67.2 Å². The molecular formula is C14H21N3O. The SMILES string of the molecule is CC(N)CCC(=O)Nc1ccc2c(c1)CCCN2. The monoisotopic (exact) mass is 247 g/mol. The molecule has 0 saturated heterocycles. The first-order valence-corrected chi connectivity index (χ1v) is 6.57. The average Bonchev–Trinajstić information content (AvgIpc) is 2.36. The first-order valence-electron chi connectivity index (χ1n) is 6.57. The van der Waals surface area contributed by atoms with E-state index in [0.717, 1.165) is 31.5 Å². The second kappa shape index (κ2) is 5.87. The Kier molecular flexibility index (Phi) is 4.20. The number of carbonyl (C=O) groups is 1. The molecule has 1 aliphatic rings. The smallest absolute Gasteiger partial charge is 0.224 e. The van der Waals surface area contributed by atoms with E-state index in [9.17, 15) is 4.79 Å². The Labute approximate surface area is 108 Å². The average molecular weight is 247 g/mol. The van der Waals surface area contributed by atoms with Crippen LogP contribution in [-0.2, 0) is 11.2 Å². The number of nitrogens with one attached hydrogen (secondary N) is 2. The van der Waals surface area contributed by atoms with Crippen LogP contribution >= 0.6 is 0 Å². The molecule has 1 unspecified atom stereocenters. The number of aryl methyl sites for hydroxylation is 1. The van der Waals surface area contributed by atoms with Crippen molar-refractivity contribution in [1.82, 2.24) is 0 Å². The van der Waals surface area contributed by atoms with Gasteiger partial charge in [-0.15, -0.1) is 0 Å². The number of hydrogen-bond acceptors (Lipinski definition) is 3. The fraction of sp³-hybridized carbons (Fsp3) is 0.500. The molecule has 0 aliphatic carbocycles. The summed E-state index contributed by atoms with van der Waals surface area (Å²) in [7, 11) is 0. The van der Waals surface area contributed by atoms with Crippen molar-refractivity contribution in [2.45, 2.75) is 38.6 Å². The van der Waals surface area contributed by atoms with Crippen LogP contribution in [0.3, 0.4) is 0 Å². The molecule has 0 fully saturated rings. The third kappa shape index (κ3) is 3.47. The van der Waals surface area contributed by atoms with Gasteiger partial charge < -0.3 is 16.4 Å². The quantitative estimate of drug-likeness (QED) is 0.763. The molecule has 0 saturated carbocycles. The van der Waals surface area contributed by atoms with Crippen LogP contribution in [0.25, 0.3) is 0 Å². The molecule has 98 valence electrons. The minimum atomic E-state index is 0.0380. The molecular weight excluding hydrogens is 226 g/mol. The zero-order valence-corrected chi connectivity index (χ0v) is 10.8. The van der Waals surface area contributed by atoms with Gasteiger partial charge in [0.05, 0.1) is 0 Å². The number of amides is 1. The highest BCUT2D eigenvalue weighted by molar-refractivity contribution is 5.91. The van der Waals surface area contributed by atoms with Crippen molar-refractivity contribution in [3.05, 3.63) is 23.8 Å². The summed E-state index contributed by atoms with van der Waals surface area (Å²) in [5.74, 6) is 0.0380. The minimum Gasteiger partial charge on any atom is -0.385 e. The highest BCUT2D eigenvalue weighted by Crippen LogP contribution is 2.25. The number of fused-ring (bicyclic) bond motifs is 1. The predicted octanol–water partition coefficient (Wildman–Crippen LogP) is 2.11. The van der Waals surface area contributed by atoms with Crippen LogP contribution in [0.2, 0.25) is 0 Å². The molecule has 0 radical (unpaired) electrons. The van der Waals surface area contributed by atoms with Crippen molar-refractivity contribution in [3.63, 3.8) is 0 Å². The highest BCUT2D eigenvalue weighted by atomic mass is 16.1. The fourth-order valence-electron chi connectivity index (χ4n) is 2.13. The number of carbonyl (C=O) groups excluding carboxylic acids is 1. The van der Waals surface area contributed by atoms with Gasteiger partial charge in [0.15, 0.2) is 0 Å². The predicted molar refractivity (Wildman–Crippen MR) is 74.8 cm³/mol. The Balaban J connectivity index is 1.95. The van der Waals surface area contributed by atoms with E-state index >= 15 is 0 Å². The summed E-state index contributed by atoms with van der Waals surface area (Å²) >= 11 is 0. The maximum Gasteiger partial charge on any atom is 0.224 e. The van der Waals surface area contributed by atoms with E-state index in [1.807, 2.05) is 19.1 Å². The van der Waals surface area contributed by atoms with Crippen LogP contribution in [0.5, 0.6) is 0 Å². The van der Waals surface area contributed by atoms with Crippen LogP contribution < -0.4 is 16.4 Å². The maximum absolute atomic E-state index is 11.7. The lowest BCUT2D eigenvalue weighted by Crippen LogP contribution is -2.19. The lowest BCUT2D eigenvalue weighted by molar-refractivity contribution is -0.116. The van der Waals surface area contributed by atoms with E-state index in [1.54, 1.807) is 0 Å².